The third-order valence-electron chi connectivity index (χ3n) is 2.92. The molecule has 0 aliphatic carbocycles. The number of nitrogens with zero attached hydrogens (tertiary/aromatic N) is 2. The number of hydrogen-bond donors (Lipinski definition) is 0. The Morgan fingerprint density at radius 1 is 1.35 bits per heavy atom. The molecule has 1 atom stereocenters. The Morgan fingerprint density at radius 2 is 2.12 bits per heavy atom. The van der Waals surface area contributed by atoms with Crippen LogP contribution < -0.4 is 0 Å². The zero-order chi connectivity index (χ0) is 12.4. The molecule has 0 radical (unpaired) electrons. The summed E-state index contributed by atoms with van der Waals surface area (Å²) in [6, 6.07) is 6.03. The fourth-order valence-corrected chi connectivity index (χ4v) is 1.73. The number of aromatic nitrogens is 2. The Kier molecular flexibility index (Phi) is 3.48. The van der Waals surface area contributed by atoms with Crippen molar-refractivity contribution in [1.29, 1.82) is 0 Å². The summed E-state index contributed by atoms with van der Waals surface area (Å²) in [6.07, 6.45) is 0.785. The second-order valence-electron chi connectivity index (χ2n) is 4.08. The van der Waals surface area contributed by atoms with Gasteiger partial charge in [-0.2, -0.15) is 4.98 Å². The predicted octanol–water partition coefficient (Wildman–Crippen LogP) is 4.04. The molecule has 0 amide bonds. The Bertz CT molecular complexity index is 522. The van der Waals surface area contributed by atoms with Crippen LogP contribution in [0.25, 0.3) is 11.5 Å². The third-order valence-corrected chi connectivity index (χ3v) is 3.42. The highest BCUT2D eigenvalue weighted by molar-refractivity contribution is 6.20. The van der Waals surface area contributed by atoms with Crippen molar-refractivity contribution in [2.45, 2.75) is 32.6 Å². The second-order valence-corrected chi connectivity index (χ2v) is 4.61. The average Bonchev–Trinajstić information content (AvgIpc) is 2.81. The van der Waals surface area contributed by atoms with Gasteiger partial charge in [-0.15, -0.1) is 11.6 Å². The minimum absolute atomic E-state index is 0.183. The second kappa shape index (κ2) is 4.88. The highest BCUT2D eigenvalue weighted by atomic mass is 35.5. The summed E-state index contributed by atoms with van der Waals surface area (Å²) in [4.78, 5) is 4.34. The lowest BCUT2D eigenvalue weighted by molar-refractivity contribution is 0.421. The van der Waals surface area contributed by atoms with Crippen LogP contribution in [0.2, 0.25) is 0 Å². The first-order chi connectivity index (χ1) is 8.13. The highest BCUT2D eigenvalue weighted by Gasteiger charge is 2.16. The number of alkyl halides is 1. The molecule has 0 N–H and O–H groups in total. The maximum atomic E-state index is 6.08. The summed E-state index contributed by atoms with van der Waals surface area (Å²) in [5.74, 6) is 1.10. The molecule has 2 aromatic rings. The number of hydrogen-bond acceptors (Lipinski definition) is 3. The first-order valence-corrected chi connectivity index (χ1v) is 6.11. The molecule has 1 heterocycles. The molecule has 1 unspecified atom stereocenters. The van der Waals surface area contributed by atoms with E-state index in [-0.39, 0.29) is 5.38 Å². The van der Waals surface area contributed by atoms with Gasteiger partial charge in [-0.3, -0.25) is 0 Å². The van der Waals surface area contributed by atoms with Gasteiger partial charge in [0, 0.05) is 5.56 Å². The van der Waals surface area contributed by atoms with Crippen molar-refractivity contribution < 1.29 is 4.52 Å². The smallest absolute Gasteiger partial charge is 0.258 e. The van der Waals surface area contributed by atoms with Gasteiger partial charge in [0.2, 0.25) is 0 Å². The Morgan fingerprint density at radius 3 is 2.82 bits per heavy atom. The molecule has 0 saturated carbocycles. The van der Waals surface area contributed by atoms with E-state index in [1.165, 1.54) is 5.56 Å². The Hall–Kier alpha value is -1.35. The van der Waals surface area contributed by atoms with E-state index in [0.717, 1.165) is 17.5 Å². The van der Waals surface area contributed by atoms with Gasteiger partial charge in [0.15, 0.2) is 5.82 Å². The van der Waals surface area contributed by atoms with Crippen LogP contribution in [0, 0.1) is 13.8 Å². The maximum absolute atomic E-state index is 6.08. The Balaban J connectivity index is 2.40. The zero-order valence-electron chi connectivity index (χ0n) is 10.2. The highest BCUT2D eigenvalue weighted by Crippen LogP contribution is 2.27. The van der Waals surface area contributed by atoms with E-state index < -0.39 is 0 Å². The zero-order valence-corrected chi connectivity index (χ0v) is 11.0. The quantitative estimate of drug-likeness (QED) is 0.772. The van der Waals surface area contributed by atoms with E-state index in [1.807, 2.05) is 26.0 Å². The molecule has 4 heteroatoms. The summed E-state index contributed by atoms with van der Waals surface area (Å²) in [5, 5.41) is 3.73. The van der Waals surface area contributed by atoms with Gasteiger partial charge in [-0.1, -0.05) is 24.2 Å². The van der Waals surface area contributed by atoms with Crippen LogP contribution in [0.4, 0.5) is 0 Å². The van der Waals surface area contributed by atoms with Gasteiger partial charge in [-0.25, -0.2) is 0 Å². The molecular weight excluding hydrogens is 236 g/mol. The molecule has 0 aliphatic heterocycles. The summed E-state index contributed by atoms with van der Waals surface area (Å²) >= 11 is 6.08. The number of benzene rings is 1. The van der Waals surface area contributed by atoms with E-state index in [9.17, 15) is 0 Å². The first kappa shape index (κ1) is 12.1. The van der Waals surface area contributed by atoms with Crippen molar-refractivity contribution in [1.82, 2.24) is 10.1 Å². The van der Waals surface area contributed by atoms with Crippen LogP contribution in [0.15, 0.2) is 22.7 Å². The van der Waals surface area contributed by atoms with Crippen molar-refractivity contribution in [2.75, 3.05) is 0 Å². The monoisotopic (exact) mass is 250 g/mol. The summed E-state index contributed by atoms with van der Waals surface area (Å²) in [6.45, 7) is 6.10. The topological polar surface area (TPSA) is 38.9 Å². The van der Waals surface area contributed by atoms with Crippen molar-refractivity contribution in [2.24, 2.45) is 0 Å². The maximum Gasteiger partial charge on any atom is 0.258 e. The molecule has 0 aliphatic rings. The first-order valence-electron chi connectivity index (χ1n) is 5.67. The molecule has 0 spiro atoms. The Labute approximate surface area is 106 Å². The normalized spacial score (nSPS) is 12.7. The number of rotatable bonds is 3. The van der Waals surface area contributed by atoms with Crippen molar-refractivity contribution in [3.63, 3.8) is 0 Å². The van der Waals surface area contributed by atoms with E-state index in [0.29, 0.717) is 11.7 Å². The van der Waals surface area contributed by atoms with Crippen LogP contribution in [0.1, 0.15) is 35.7 Å². The van der Waals surface area contributed by atoms with Gasteiger partial charge in [0.05, 0.1) is 5.38 Å². The molecule has 1 aromatic carbocycles. The lowest BCUT2D eigenvalue weighted by Gasteiger charge is -2.03. The average molecular weight is 251 g/mol. The largest absolute Gasteiger partial charge is 0.334 e. The SMILES string of the molecule is CCC(Cl)c1noc(-c2cccc(C)c2C)n1. The number of halogens is 1. The van der Waals surface area contributed by atoms with Gasteiger partial charge >= 0.3 is 0 Å². The molecule has 90 valence electrons. The van der Waals surface area contributed by atoms with Gasteiger partial charge < -0.3 is 4.52 Å². The number of aryl methyl sites for hydroxylation is 1. The van der Waals surface area contributed by atoms with E-state index in [1.54, 1.807) is 0 Å². The van der Waals surface area contributed by atoms with E-state index in [2.05, 4.69) is 23.1 Å². The van der Waals surface area contributed by atoms with Gasteiger partial charge in [0.25, 0.3) is 5.89 Å². The standard InChI is InChI=1S/C13H15ClN2O/c1-4-11(14)12-15-13(17-16-12)10-7-5-6-8(2)9(10)3/h5-7,11H,4H2,1-3H3. The van der Waals surface area contributed by atoms with Crippen molar-refractivity contribution >= 4 is 11.6 Å². The van der Waals surface area contributed by atoms with Crippen LogP contribution >= 0.6 is 11.6 Å². The van der Waals surface area contributed by atoms with Crippen LogP contribution in [0.3, 0.4) is 0 Å². The lowest BCUT2D eigenvalue weighted by atomic mass is 10.0. The molecule has 1 aromatic heterocycles. The lowest BCUT2D eigenvalue weighted by Crippen LogP contribution is -1.91. The van der Waals surface area contributed by atoms with Crippen LogP contribution in [0.5, 0.6) is 0 Å². The minimum Gasteiger partial charge on any atom is -0.334 e. The predicted molar refractivity (Wildman–Crippen MR) is 68.1 cm³/mol. The summed E-state index contributed by atoms with van der Waals surface area (Å²) in [7, 11) is 0. The third kappa shape index (κ3) is 2.34. The van der Waals surface area contributed by atoms with Gasteiger partial charge in [0.1, 0.15) is 0 Å². The van der Waals surface area contributed by atoms with E-state index in [4.69, 9.17) is 16.1 Å². The van der Waals surface area contributed by atoms with Crippen LogP contribution in [-0.2, 0) is 0 Å². The molecular formula is C13H15ClN2O. The molecule has 0 fully saturated rings. The molecule has 3 nitrogen and oxygen atoms in total. The molecule has 17 heavy (non-hydrogen) atoms. The molecule has 0 saturated heterocycles. The van der Waals surface area contributed by atoms with Crippen molar-refractivity contribution in [3.05, 3.63) is 35.2 Å². The van der Waals surface area contributed by atoms with Gasteiger partial charge in [-0.05, 0) is 37.5 Å². The van der Waals surface area contributed by atoms with Crippen LogP contribution in [-0.4, -0.2) is 10.1 Å². The molecule has 2 rings (SSSR count). The van der Waals surface area contributed by atoms with E-state index >= 15 is 0 Å². The summed E-state index contributed by atoms with van der Waals surface area (Å²) < 4.78 is 5.26. The molecule has 0 bridgehead atoms. The minimum atomic E-state index is -0.183. The summed E-state index contributed by atoms with van der Waals surface area (Å²) in [5.41, 5.74) is 3.34. The van der Waals surface area contributed by atoms with Crippen molar-refractivity contribution in [3.8, 4) is 11.5 Å². The fourth-order valence-electron chi connectivity index (χ4n) is 1.64. The fraction of sp³-hybridized carbons (Fsp3) is 0.385.